The molecule has 0 radical (unpaired) electrons. The highest BCUT2D eigenvalue weighted by Gasteiger charge is 2.26. The van der Waals surface area contributed by atoms with E-state index in [0.29, 0.717) is 38.5 Å². The summed E-state index contributed by atoms with van der Waals surface area (Å²) in [5.74, 6) is -0.127. The third-order valence-corrected chi connectivity index (χ3v) is 5.08. The summed E-state index contributed by atoms with van der Waals surface area (Å²) in [4.78, 5) is 32.3. The molecule has 0 saturated carbocycles. The van der Waals surface area contributed by atoms with E-state index in [1.807, 2.05) is 6.07 Å². The molecule has 0 aliphatic carbocycles. The van der Waals surface area contributed by atoms with Crippen molar-refractivity contribution in [3.63, 3.8) is 0 Å². The Labute approximate surface area is 171 Å². The molecule has 3 rings (SSSR count). The first-order chi connectivity index (χ1) is 14.0. The van der Waals surface area contributed by atoms with E-state index in [1.54, 1.807) is 29.0 Å². The van der Waals surface area contributed by atoms with E-state index in [-0.39, 0.29) is 12.0 Å². The smallest absolute Gasteiger partial charge is 0.409 e. The van der Waals surface area contributed by atoms with Gasteiger partial charge in [0.1, 0.15) is 5.69 Å². The zero-order chi connectivity index (χ0) is 20.8. The minimum absolute atomic E-state index is 0.127. The molecule has 1 fully saturated rings. The molecule has 2 aromatic rings. The minimum atomic E-state index is -0.325. The molecule has 1 N–H and O–H groups in total. The van der Waals surface area contributed by atoms with E-state index in [1.165, 1.54) is 5.56 Å². The third-order valence-electron chi connectivity index (χ3n) is 5.08. The number of aromatic nitrogens is 1. The van der Waals surface area contributed by atoms with E-state index in [0.717, 1.165) is 23.4 Å². The number of benzene rings is 1. The van der Waals surface area contributed by atoms with Gasteiger partial charge >= 0.3 is 6.09 Å². The van der Waals surface area contributed by atoms with Crippen LogP contribution in [-0.2, 0) is 11.2 Å². The maximum Gasteiger partial charge on any atom is 0.409 e. The van der Waals surface area contributed by atoms with Crippen molar-refractivity contribution in [1.29, 1.82) is 0 Å². The summed E-state index contributed by atoms with van der Waals surface area (Å²) in [6.07, 6.45) is 2.24. The summed E-state index contributed by atoms with van der Waals surface area (Å²) in [6.45, 7) is 8.18. The van der Waals surface area contributed by atoms with E-state index in [2.05, 4.69) is 42.3 Å². The molecule has 0 unspecified atom stereocenters. The highest BCUT2D eigenvalue weighted by molar-refractivity contribution is 5.93. The van der Waals surface area contributed by atoms with E-state index >= 15 is 0 Å². The second kappa shape index (κ2) is 9.41. The van der Waals surface area contributed by atoms with Crippen molar-refractivity contribution in [2.75, 3.05) is 38.1 Å². The fourth-order valence-corrected chi connectivity index (χ4v) is 3.44. The van der Waals surface area contributed by atoms with Crippen LogP contribution < -0.4 is 5.32 Å². The van der Waals surface area contributed by atoms with Gasteiger partial charge in [-0.25, -0.2) is 4.79 Å². The van der Waals surface area contributed by atoms with Gasteiger partial charge in [-0.15, -0.1) is 0 Å². The molecule has 2 heterocycles. The number of hydrogen-bond acceptors (Lipinski definition) is 5. The molecule has 1 aromatic heterocycles. The predicted molar refractivity (Wildman–Crippen MR) is 113 cm³/mol. The van der Waals surface area contributed by atoms with Crippen LogP contribution in [0.2, 0.25) is 0 Å². The molecule has 1 aliphatic heterocycles. The van der Waals surface area contributed by atoms with Crippen molar-refractivity contribution in [2.45, 2.75) is 27.2 Å². The Bertz CT molecular complexity index is 876. The van der Waals surface area contributed by atoms with Crippen molar-refractivity contribution < 1.29 is 14.3 Å². The van der Waals surface area contributed by atoms with Gasteiger partial charge in [-0.05, 0) is 43.5 Å². The molecule has 1 aromatic carbocycles. The summed E-state index contributed by atoms with van der Waals surface area (Å²) in [5, 5.41) is 3.45. The monoisotopic (exact) mass is 396 g/mol. The van der Waals surface area contributed by atoms with Gasteiger partial charge in [0.15, 0.2) is 0 Å². The van der Waals surface area contributed by atoms with Crippen molar-refractivity contribution in [3.8, 4) is 0 Å². The molecule has 7 nitrogen and oxygen atoms in total. The average Bonchev–Trinajstić information content (AvgIpc) is 2.75. The van der Waals surface area contributed by atoms with Crippen LogP contribution in [0.25, 0.3) is 0 Å². The molecular formula is C22H28N4O3. The van der Waals surface area contributed by atoms with E-state index in [9.17, 15) is 9.59 Å². The predicted octanol–water partition coefficient (Wildman–Crippen LogP) is 3.61. The Morgan fingerprint density at radius 3 is 2.52 bits per heavy atom. The van der Waals surface area contributed by atoms with Gasteiger partial charge in [0.2, 0.25) is 0 Å². The lowest BCUT2D eigenvalue weighted by Gasteiger charge is -2.33. The number of piperazine rings is 1. The molecule has 7 heteroatoms. The number of nitrogens with zero attached hydrogens (tertiary/aromatic N) is 3. The summed E-state index contributed by atoms with van der Waals surface area (Å²) in [6, 6.07) is 9.87. The second-order valence-electron chi connectivity index (χ2n) is 7.00. The number of anilines is 2. The summed E-state index contributed by atoms with van der Waals surface area (Å²) >= 11 is 0. The first-order valence-electron chi connectivity index (χ1n) is 10.1. The zero-order valence-electron chi connectivity index (χ0n) is 17.3. The number of nitrogens with one attached hydrogen (secondary N) is 1. The van der Waals surface area contributed by atoms with Crippen LogP contribution in [-0.4, -0.2) is 59.6 Å². The number of rotatable bonds is 5. The highest BCUT2D eigenvalue weighted by Crippen LogP contribution is 2.25. The molecule has 0 atom stereocenters. The molecule has 1 saturated heterocycles. The van der Waals surface area contributed by atoms with Gasteiger partial charge in [-0.2, -0.15) is 0 Å². The number of aryl methyl sites for hydroxylation is 2. The summed E-state index contributed by atoms with van der Waals surface area (Å²) in [7, 11) is 0. The molecule has 1 aliphatic rings. The SMILES string of the molecule is CCOC(=O)N1CCN(C(=O)c2cc(Nc3c(C)cccc3CC)ccn2)CC1. The number of hydrogen-bond donors (Lipinski definition) is 1. The molecule has 0 spiro atoms. The first kappa shape index (κ1) is 20.6. The van der Waals surface area contributed by atoms with Crippen LogP contribution in [0.5, 0.6) is 0 Å². The fourth-order valence-electron chi connectivity index (χ4n) is 3.44. The lowest BCUT2D eigenvalue weighted by atomic mass is 10.1. The maximum absolute atomic E-state index is 12.9. The van der Waals surface area contributed by atoms with Crippen LogP contribution >= 0.6 is 0 Å². The first-order valence-corrected chi connectivity index (χ1v) is 10.1. The summed E-state index contributed by atoms with van der Waals surface area (Å²) in [5.41, 5.74) is 4.68. The average molecular weight is 396 g/mol. The molecule has 2 amide bonds. The van der Waals surface area contributed by atoms with E-state index < -0.39 is 0 Å². The number of ether oxygens (including phenoxy) is 1. The largest absolute Gasteiger partial charge is 0.450 e. The van der Waals surface area contributed by atoms with E-state index in [4.69, 9.17) is 4.74 Å². The molecule has 0 bridgehead atoms. The Hall–Kier alpha value is -3.09. The minimum Gasteiger partial charge on any atom is -0.450 e. The van der Waals surface area contributed by atoms with Crippen molar-refractivity contribution in [3.05, 3.63) is 53.3 Å². The number of pyridine rings is 1. The lowest BCUT2D eigenvalue weighted by molar-refractivity contribution is 0.0566. The quantitative estimate of drug-likeness (QED) is 0.836. The zero-order valence-corrected chi connectivity index (χ0v) is 17.3. The maximum atomic E-state index is 12.9. The topological polar surface area (TPSA) is 74.8 Å². The summed E-state index contributed by atoms with van der Waals surface area (Å²) < 4.78 is 5.03. The Morgan fingerprint density at radius 1 is 1.10 bits per heavy atom. The van der Waals surface area contributed by atoms with Crippen LogP contribution in [0.15, 0.2) is 36.5 Å². The number of carbonyl (C=O) groups excluding carboxylic acids is 2. The number of para-hydroxylation sites is 1. The normalized spacial score (nSPS) is 13.9. The van der Waals surface area contributed by atoms with Gasteiger partial charge in [0, 0.05) is 43.8 Å². The van der Waals surface area contributed by atoms with Crippen LogP contribution in [0.3, 0.4) is 0 Å². The van der Waals surface area contributed by atoms with Gasteiger partial charge in [-0.3, -0.25) is 9.78 Å². The van der Waals surface area contributed by atoms with Crippen LogP contribution in [0.1, 0.15) is 35.5 Å². The van der Waals surface area contributed by atoms with Gasteiger partial charge in [-0.1, -0.05) is 25.1 Å². The highest BCUT2D eigenvalue weighted by atomic mass is 16.6. The molecule has 154 valence electrons. The van der Waals surface area contributed by atoms with Gasteiger partial charge in [0.05, 0.1) is 6.61 Å². The van der Waals surface area contributed by atoms with Crippen molar-refractivity contribution in [1.82, 2.24) is 14.8 Å². The Morgan fingerprint density at radius 2 is 1.83 bits per heavy atom. The van der Waals surface area contributed by atoms with Crippen molar-refractivity contribution >= 4 is 23.4 Å². The van der Waals surface area contributed by atoms with Gasteiger partial charge < -0.3 is 19.9 Å². The second-order valence-corrected chi connectivity index (χ2v) is 7.00. The Kier molecular flexibility index (Phi) is 6.69. The van der Waals surface area contributed by atoms with Crippen molar-refractivity contribution in [2.24, 2.45) is 0 Å². The fraction of sp³-hybridized carbons (Fsp3) is 0.409. The molecular weight excluding hydrogens is 368 g/mol. The van der Waals surface area contributed by atoms with Gasteiger partial charge in [0.25, 0.3) is 5.91 Å². The van der Waals surface area contributed by atoms with Crippen LogP contribution in [0.4, 0.5) is 16.2 Å². The molecule has 29 heavy (non-hydrogen) atoms. The lowest BCUT2D eigenvalue weighted by Crippen LogP contribution is -2.50. The standard InChI is InChI=1S/C22H28N4O3/c1-4-17-8-6-7-16(3)20(17)24-18-9-10-23-19(15-18)21(27)25-11-13-26(14-12-25)22(28)29-5-2/h6-10,15H,4-5,11-14H2,1-3H3,(H,23,24). The number of amides is 2. The Balaban J connectivity index is 1.69. The third kappa shape index (κ3) is 4.85. The number of carbonyl (C=O) groups is 2. The van der Waals surface area contributed by atoms with Crippen LogP contribution in [0, 0.1) is 6.92 Å².